The lowest BCUT2D eigenvalue weighted by molar-refractivity contribution is 0.183. The van der Waals surface area contributed by atoms with Crippen LogP contribution in [0, 0.1) is 5.92 Å². The molecule has 0 bridgehead atoms. The summed E-state index contributed by atoms with van der Waals surface area (Å²) < 4.78 is 5.20. The first-order valence-electron chi connectivity index (χ1n) is 6.90. The summed E-state index contributed by atoms with van der Waals surface area (Å²) in [7, 11) is 0.288. The summed E-state index contributed by atoms with van der Waals surface area (Å²) in [5.41, 5.74) is 2.32. The van der Waals surface area contributed by atoms with Gasteiger partial charge < -0.3 is 9.84 Å². The van der Waals surface area contributed by atoms with E-state index in [1.807, 2.05) is 12.1 Å². The van der Waals surface area contributed by atoms with E-state index in [1.54, 1.807) is 7.11 Å². The zero-order valence-electron chi connectivity index (χ0n) is 12.5. The highest BCUT2D eigenvalue weighted by molar-refractivity contribution is 6.84. The van der Waals surface area contributed by atoms with Crippen molar-refractivity contribution in [2.24, 2.45) is 5.92 Å². The van der Waals surface area contributed by atoms with E-state index >= 15 is 0 Å². The lowest BCUT2D eigenvalue weighted by Gasteiger charge is -2.21. The molecule has 1 aromatic carbocycles. The molecule has 0 aromatic heterocycles. The van der Waals surface area contributed by atoms with Crippen LogP contribution >= 0.6 is 0 Å². The number of hydrogen-bond donors (Lipinski definition) is 1. The average Bonchev–Trinajstić information content (AvgIpc) is 2.66. The van der Waals surface area contributed by atoms with Crippen molar-refractivity contribution < 1.29 is 9.84 Å². The molecule has 0 amide bonds. The first kappa shape index (κ1) is 14.3. The Hall–Kier alpha value is -1.06. The van der Waals surface area contributed by atoms with Gasteiger partial charge >= 0.3 is 0 Å². The molecule has 1 aromatic rings. The van der Waals surface area contributed by atoms with E-state index in [0.717, 1.165) is 17.7 Å². The van der Waals surface area contributed by atoms with Gasteiger partial charge in [-0.2, -0.15) is 0 Å². The monoisotopic (exact) mass is 276 g/mol. The summed E-state index contributed by atoms with van der Waals surface area (Å²) in [5.74, 6) is 1.19. The fourth-order valence-electron chi connectivity index (χ4n) is 2.83. The number of ether oxygens (including phenoxy) is 1. The molecule has 2 atom stereocenters. The molecule has 2 nitrogen and oxygen atoms in total. The van der Waals surface area contributed by atoms with Gasteiger partial charge in [0.15, 0.2) is 0 Å². The van der Waals surface area contributed by atoms with Crippen molar-refractivity contribution in [1.82, 2.24) is 0 Å². The van der Waals surface area contributed by atoms with E-state index in [9.17, 15) is 5.11 Å². The molecule has 1 aliphatic carbocycles. The Morgan fingerprint density at radius 2 is 1.74 bits per heavy atom. The number of hydrogen-bond acceptors (Lipinski definition) is 2. The Morgan fingerprint density at radius 3 is 2.21 bits per heavy atom. The predicted molar refractivity (Wildman–Crippen MR) is 83.0 cm³/mol. The van der Waals surface area contributed by atoms with Crippen LogP contribution in [0.15, 0.2) is 29.5 Å². The summed E-state index contributed by atoms with van der Waals surface area (Å²) in [6, 6.07) is 8.07. The second kappa shape index (κ2) is 5.14. The van der Waals surface area contributed by atoms with E-state index in [-0.39, 0.29) is 6.10 Å². The molecular formula is C16H24O2Si. The zero-order chi connectivity index (χ0) is 14.2. The molecule has 3 heteroatoms. The molecule has 0 unspecified atom stereocenters. The molecule has 1 N–H and O–H groups in total. The van der Waals surface area contributed by atoms with Crippen molar-refractivity contribution in [3.8, 4) is 5.75 Å². The lowest BCUT2D eigenvalue weighted by Crippen LogP contribution is -2.24. The smallest absolute Gasteiger partial charge is 0.118 e. The van der Waals surface area contributed by atoms with Crippen molar-refractivity contribution in [3.05, 3.63) is 35.0 Å². The van der Waals surface area contributed by atoms with Gasteiger partial charge in [-0.15, -0.1) is 0 Å². The third-order valence-electron chi connectivity index (χ3n) is 3.99. The summed E-state index contributed by atoms with van der Waals surface area (Å²) >= 11 is 0. The van der Waals surface area contributed by atoms with Crippen LogP contribution in [0.3, 0.4) is 0 Å². The van der Waals surface area contributed by atoms with Gasteiger partial charge in [0.25, 0.3) is 0 Å². The molecule has 0 spiro atoms. The molecule has 2 rings (SSSR count). The number of rotatable bonds is 3. The molecule has 104 valence electrons. The molecular weight excluding hydrogens is 252 g/mol. The topological polar surface area (TPSA) is 29.5 Å². The molecule has 19 heavy (non-hydrogen) atoms. The number of methoxy groups -OCH3 is 1. The van der Waals surface area contributed by atoms with Gasteiger partial charge in [0.05, 0.1) is 21.3 Å². The van der Waals surface area contributed by atoms with E-state index in [2.05, 4.69) is 38.7 Å². The van der Waals surface area contributed by atoms with Gasteiger partial charge in [-0.25, -0.2) is 0 Å². The minimum Gasteiger partial charge on any atom is -0.497 e. The third kappa shape index (κ3) is 2.77. The number of allylic oxidation sites excluding steroid dienone is 1. The van der Waals surface area contributed by atoms with Crippen LogP contribution in [0.4, 0.5) is 0 Å². The molecule has 0 fully saturated rings. The van der Waals surface area contributed by atoms with Crippen LogP contribution in [0.5, 0.6) is 5.75 Å². The first-order chi connectivity index (χ1) is 8.84. The second-order valence-electron chi connectivity index (χ2n) is 6.50. The molecule has 0 aliphatic heterocycles. The summed E-state index contributed by atoms with van der Waals surface area (Å²) in [4.78, 5) is 0. The van der Waals surface area contributed by atoms with Crippen molar-refractivity contribution in [3.63, 3.8) is 0 Å². The molecule has 0 radical (unpaired) electrons. The second-order valence-corrected chi connectivity index (χ2v) is 11.6. The largest absolute Gasteiger partial charge is 0.497 e. The normalized spacial score (nSPS) is 23.9. The number of aliphatic hydroxyl groups is 1. The SMILES string of the molecule is COc1ccc(C2=C([Si](C)(C)C)C[C@H](C)[C@H]2O)cc1. The van der Waals surface area contributed by atoms with Gasteiger partial charge in [0, 0.05) is 0 Å². The fourth-order valence-corrected chi connectivity index (χ4v) is 4.87. The Kier molecular flexibility index (Phi) is 3.88. The van der Waals surface area contributed by atoms with Crippen LogP contribution in [0.25, 0.3) is 5.57 Å². The van der Waals surface area contributed by atoms with Gasteiger partial charge in [-0.05, 0) is 35.6 Å². The highest BCUT2D eigenvalue weighted by Crippen LogP contribution is 2.42. The lowest BCUT2D eigenvalue weighted by atomic mass is 9.99. The fraction of sp³-hybridized carbons (Fsp3) is 0.500. The zero-order valence-corrected chi connectivity index (χ0v) is 13.5. The summed E-state index contributed by atoms with van der Waals surface area (Å²) in [6.45, 7) is 9.21. The van der Waals surface area contributed by atoms with Crippen LogP contribution < -0.4 is 4.74 Å². The van der Waals surface area contributed by atoms with Gasteiger partial charge in [0.2, 0.25) is 0 Å². The molecule has 0 saturated heterocycles. The molecule has 1 aliphatic rings. The highest BCUT2D eigenvalue weighted by atomic mass is 28.3. The minimum atomic E-state index is -1.39. The van der Waals surface area contributed by atoms with Crippen LogP contribution in [-0.2, 0) is 0 Å². The van der Waals surface area contributed by atoms with Crippen LogP contribution in [-0.4, -0.2) is 26.4 Å². The highest BCUT2D eigenvalue weighted by Gasteiger charge is 2.36. The van der Waals surface area contributed by atoms with Crippen molar-refractivity contribution in [1.29, 1.82) is 0 Å². The van der Waals surface area contributed by atoms with Crippen LogP contribution in [0.1, 0.15) is 18.9 Å². The van der Waals surface area contributed by atoms with Crippen LogP contribution in [0.2, 0.25) is 19.6 Å². The third-order valence-corrected chi connectivity index (χ3v) is 6.28. The minimum absolute atomic E-state index is 0.324. The summed E-state index contributed by atoms with van der Waals surface area (Å²) in [5, 5.41) is 12.0. The maximum atomic E-state index is 10.5. The van der Waals surface area contributed by atoms with E-state index in [1.165, 1.54) is 10.8 Å². The summed E-state index contributed by atoms with van der Waals surface area (Å²) in [6.07, 6.45) is 0.716. The quantitative estimate of drug-likeness (QED) is 0.853. The molecule has 0 saturated carbocycles. The first-order valence-corrected chi connectivity index (χ1v) is 10.4. The van der Waals surface area contributed by atoms with Gasteiger partial charge in [0.1, 0.15) is 5.75 Å². The van der Waals surface area contributed by atoms with Crippen molar-refractivity contribution >= 4 is 13.6 Å². The van der Waals surface area contributed by atoms with E-state index in [4.69, 9.17) is 4.74 Å². The Balaban J connectivity index is 2.48. The molecule has 0 heterocycles. The maximum Gasteiger partial charge on any atom is 0.118 e. The maximum absolute atomic E-state index is 10.5. The Bertz CT molecular complexity index is 482. The van der Waals surface area contributed by atoms with Crippen molar-refractivity contribution in [2.45, 2.75) is 39.1 Å². The number of benzene rings is 1. The standard InChI is InChI=1S/C16H24O2Si/c1-11-10-14(19(3,4)5)15(16(11)17)12-6-8-13(18-2)9-7-12/h6-9,11,16-17H,10H2,1-5H3/t11-,16+/m0/s1. The number of aliphatic hydroxyl groups excluding tert-OH is 1. The average molecular weight is 276 g/mol. The van der Waals surface area contributed by atoms with E-state index < -0.39 is 8.07 Å². The Labute approximate surface area is 117 Å². The predicted octanol–water partition coefficient (Wildman–Crippen LogP) is 3.73. The Morgan fingerprint density at radius 1 is 1.16 bits per heavy atom. The van der Waals surface area contributed by atoms with Crippen molar-refractivity contribution in [2.75, 3.05) is 7.11 Å². The van der Waals surface area contributed by atoms with E-state index in [0.29, 0.717) is 5.92 Å². The van der Waals surface area contributed by atoms with Gasteiger partial charge in [-0.1, -0.05) is 43.9 Å². The van der Waals surface area contributed by atoms with Gasteiger partial charge in [-0.3, -0.25) is 0 Å².